The molecule has 0 saturated carbocycles. The summed E-state index contributed by atoms with van der Waals surface area (Å²) in [5, 5.41) is 1.77. The molecule has 118 valence electrons. The topological polar surface area (TPSA) is 64.3 Å². The van der Waals surface area contributed by atoms with Crippen molar-refractivity contribution in [2.75, 3.05) is 13.1 Å². The molecule has 1 aliphatic rings. The summed E-state index contributed by atoms with van der Waals surface area (Å²) in [6.45, 7) is 3.62. The molecule has 3 rings (SSSR count). The highest BCUT2D eigenvalue weighted by Crippen LogP contribution is 2.17. The Morgan fingerprint density at radius 2 is 2.18 bits per heavy atom. The monoisotopic (exact) mass is 321 g/mol. The lowest BCUT2D eigenvalue weighted by molar-refractivity contribution is -0.133. The summed E-state index contributed by atoms with van der Waals surface area (Å²) in [7, 11) is 1.45. The number of carbonyl (C=O) groups excluding carboxylic acids is 1. The van der Waals surface area contributed by atoms with Gasteiger partial charge in [0.15, 0.2) is 0 Å². The number of carbonyl (C=O) groups is 1. The third kappa shape index (κ3) is 2.49. The van der Waals surface area contributed by atoms with Crippen molar-refractivity contribution in [1.29, 1.82) is 0 Å². The highest BCUT2D eigenvalue weighted by molar-refractivity contribution is 7.17. The second-order valence-corrected chi connectivity index (χ2v) is 6.87. The Kier molecular flexibility index (Phi) is 3.90. The second-order valence-electron chi connectivity index (χ2n) is 5.96. The molecule has 1 fully saturated rings. The molecular weight excluding hydrogens is 302 g/mol. The fourth-order valence-corrected chi connectivity index (χ4v) is 3.87. The van der Waals surface area contributed by atoms with Crippen LogP contribution in [0, 0.1) is 5.92 Å². The van der Waals surface area contributed by atoms with Crippen molar-refractivity contribution < 1.29 is 4.79 Å². The van der Waals surface area contributed by atoms with Crippen molar-refractivity contribution in [2.24, 2.45) is 13.0 Å². The summed E-state index contributed by atoms with van der Waals surface area (Å²) in [4.78, 5) is 38.7. The van der Waals surface area contributed by atoms with Gasteiger partial charge in [-0.2, -0.15) is 0 Å². The van der Waals surface area contributed by atoms with Gasteiger partial charge in [0.05, 0.1) is 5.52 Å². The Bertz CT molecular complexity index is 833. The molecule has 3 heterocycles. The van der Waals surface area contributed by atoms with E-state index < -0.39 is 5.69 Å². The van der Waals surface area contributed by atoms with E-state index in [1.807, 2.05) is 4.90 Å². The minimum absolute atomic E-state index is 0.00704. The minimum Gasteiger partial charge on any atom is -0.341 e. The van der Waals surface area contributed by atoms with Crippen LogP contribution in [0.2, 0.25) is 0 Å². The van der Waals surface area contributed by atoms with E-state index in [4.69, 9.17) is 0 Å². The van der Waals surface area contributed by atoms with Gasteiger partial charge < -0.3 is 4.90 Å². The zero-order chi connectivity index (χ0) is 15.9. The Balaban J connectivity index is 1.97. The van der Waals surface area contributed by atoms with Gasteiger partial charge in [-0.15, -0.1) is 11.3 Å². The quantitative estimate of drug-likeness (QED) is 0.829. The highest BCUT2D eigenvalue weighted by Gasteiger charge is 2.22. The van der Waals surface area contributed by atoms with Crippen LogP contribution in [0.1, 0.15) is 19.8 Å². The number of hydrogen-bond donors (Lipinski definition) is 0. The highest BCUT2D eigenvalue weighted by atomic mass is 32.1. The molecule has 1 saturated heterocycles. The molecule has 1 amide bonds. The van der Waals surface area contributed by atoms with Crippen molar-refractivity contribution >= 4 is 27.5 Å². The Morgan fingerprint density at radius 3 is 2.91 bits per heavy atom. The number of piperidine rings is 1. The molecule has 0 bridgehead atoms. The van der Waals surface area contributed by atoms with E-state index in [1.165, 1.54) is 23.0 Å². The molecule has 0 aliphatic carbocycles. The van der Waals surface area contributed by atoms with Crippen LogP contribution >= 0.6 is 11.3 Å². The van der Waals surface area contributed by atoms with Crippen LogP contribution in [-0.4, -0.2) is 33.0 Å². The summed E-state index contributed by atoms with van der Waals surface area (Å²) >= 11 is 1.30. The van der Waals surface area contributed by atoms with E-state index in [9.17, 15) is 14.4 Å². The molecule has 2 aromatic heterocycles. The van der Waals surface area contributed by atoms with Gasteiger partial charge in [0, 0.05) is 20.1 Å². The van der Waals surface area contributed by atoms with Crippen LogP contribution in [0.4, 0.5) is 0 Å². The van der Waals surface area contributed by atoms with Crippen molar-refractivity contribution in [3.63, 3.8) is 0 Å². The van der Waals surface area contributed by atoms with E-state index in [0.29, 0.717) is 16.1 Å². The lowest BCUT2D eigenvalue weighted by Gasteiger charge is -2.31. The van der Waals surface area contributed by atoms with Crippen LogP contribution in [0.5, 0.6) is 0 Å². The van der Waals surface area contributed by atoms with E-state index in [-0.39, 0.29) is 18.0 Å². The normalized spacial score (nSPS) is 18.8. The molecule has 0 N–H and O–H groups in total. The number of thiophene rings is 1. The second kappa shape index (κ2) is 5.72. The number of amides is 1. The Morgan fingerprint density at radius 1 is 1.41 bits per heavy atom. The van der Waals surface area contributed by atoms with Crippen LogP contribution in [0.3, 0.4) is 0 Å². The fraction of sp³-hybridized carbons (Fsp3) is 0.533. The summed E-state index contributed by atoms with van der Waals surface area (Å²) in [5.74, 6) is 0.440. The van der Waals surface area contributed by atoms with Crippen LogP contribution < -0.4 is 11.2 Å². The van der Waals surface area contributed by atoms with E-state index >= 15 is 0 Å². The number of hydrogen-bond acceptors (Lipinski definition) is 4. The van der Waals surface area contributed by atoms with Gasteiger partial charge in [-0.1, -0.05) is 6.92 Å². The molecule has 1 aliphatic heterocycles. The van der Waals surface area contributed by atoms with Gasteiger partial charge in [-0.05, 0) is 30.2 Å². The third-order valence-corrected chi connectivity index (χ3v) is 5.15. The largest absolute Gasteiger partial charge is 0.341 e. The minimum atomic E-state index is -0.436. The molecule has 0 aromatic carbocycles. The van der Waals surface area contributed by atoms with Gasteiger partial charge in [0.2, 0.25) is 5.91 Å². The lowest BCUT2D eigenvalue weighted by Crippen LogP contribution is -2.44. The van der Waals surface area contributed by atoms with E-state index in [0.717, 1.165) is 30.5 Å². The maximum atomic E-state index is 12.5. The third-order valence-electron chi connectivity index (χ3n) is 4.26. The number of likely N-dealkylation sites (tertiary alicyclic amines) is 1. The first-order chi connectivity index (χ1) is 10.5. The smallest absolute Gasteiger partial charge is 0.331 e. The maximum Gasteiger partial charge on any atom is 0.331 e. The molecular formula is C15H19N3O3S. The van der Waals surface area contributed by atoms with Crippen LogP contribution in [0.25, 0.3) is 10.2 Å². The standard InChI is InChI=1S/C15H19N3O3S/c1-10-4-3-6-17(8-10)12(19)9-18-11-5-7-22-13(11)14(20)16(2)15(18)21/h5,7,10H,3-4,6,8-9H2,1-2H3/t10-/m1/s1. The SMILES string of the molecule is C[C@@H]1CCCN(C(=O)Cn2c(=O)n(C)c(=O)c3sccc32)C1. The van der Waals surface area contributed by atoms with Gasteiger partial charge in [-0.25, -0.2) is 4.79 Å². The first-order valence-corrected chi connectivity index (χ1v) is 8.32. The zero-order valence-electron chi connectivity index (χ0n) is 12.7. The zero-order valence-corrected chi connectivity index (χ0v) is 13.6. The van der Waals surface area contributed by atoms with E-state index in [2.05, 4.69) is 6.92 Å². The fourth-order valence-electron chi connectivity index (χ4n) is 3.00. The molecule has 0 radical (unpaired) electrons. The van der Waals surface area contributed by atoms with Gasteiger partial charge in [-0.3, -0.25) is 18.7 Å². The van der Waals surface area contributed by atoms with Gasteiger partial charge in [0.1, 0.15) is 11.2 Å². The molecule has 1 atom stereocenters. The molecule has 2 aromatic rings. The average Bonchev–Trinajstić information content (AvgIpc) is 2.98. The van der Waals surface area contributed by atoms with Gasteiger partial charge >= 0.3 is 5.69 Å². The van der Waals surface area contributed by atoms with Crippen LogP contribution in [-0.2, 0) is 18.4 Å². The Labute approximate surface area is 131 Å². The first kappa shape index (κ1) is 15.0. The van der Waals surface area contributed by atoms with Crippen molar-refractivity contribution in [3.05, 3.63) is 32.3 Å². The molecule has 0 spiro atoms. The molecule has 6 nitrogen and oxygen atoms in total. The van der Waals surface area contributed by atoms with Crippen molar-refractivity contribution in [2.45, 2.75) is 26.3 Å². The number of rotatable bonds is 2. The summed E-state index contributed by atoms with van der Waals surface area (Å²) in [5.41, 5.74) is -0.184. The lowest BCUT2D eigenvalue weighted by atomic mass is 10.0. The number of aromatic nitrogens is 2. The summed E-state index contributed by atoms with van der Waals surface area (Å²) in [6, 6.07) is 1.73. The van der Waals surface area contributed by atoms with E-state index in [1.54, 1.807) is 11.4 Å². The molecule has 22 heavy (non-hydrogen) atoms. The maximum absolute atomic E-state index is 12.5. The summed E-state index contributed by atoms with van der Waals surface area (Å²) in [6.07, 6.45) is 2.14. The van der Waals surface area contributed by atoms with Crippen LogP contribution in [0.15, 0.2) is 21.0 Å². The predicted octanol–water partition coefficient (Wildman–Crippen LogP) is 1.02. The molecule has 7 heteroatoms. The molecule has 0 unspecified atom stereocenters. The average molecular weight is 321 g/mol. The van der Waals surface area contributed by atoms with Crippen molar-refractivity contribution in [1.82, 2.24) is 14.0 Å². The van der Waals surface area contributed by atoms with Crippen molar-refractivity contribution in [3.8, 4) is 0 Å². The van der Waals surface area contributed by atoms with Gasteiger partial charge in [0.25, 0.3) is 5.56 Å². The number of nitrogens with zero attached hydrogens (tertiary/aromatic N) is 3. The summed E-state index contributed by atoms with van der Waals surface area (Å²) < 4.78 is 3.00. The number of fused-ring (bicyclic) bond motifs is 1. The Hall–Kier alpha value is -1.89. The first-order valence-electron chi connectivity index (χ1n) is 7.44. The predicted molar refractivity (Wildman–Crippen MR) is 86.3 cm³/mol.